The third-order valence-corrected chi connectivity index (χ3v) is 11.0. The van der Waals surface area contributed by atoms with Gasteiger partial charge in [-0.25, -0.2) is 0 Å². The van der Waals surface area contributed by atoms with E-state index in [4.69, 9.17) is 9.40 Å². The van der Waals surface area contributed by atoms with Crippen LogP contribution in [0.5, 0.6) is 0 Å². The Hall–Kier alpha value is -3.13. The Labute approximate surface area is 200 Å². The first-order valence-electron chi connectivity index (χ1n) is 11.0. The van der Waals surface area contributed by atoms with Crippen molar-refractivity contribution in [3.8, 4) is 0 Å². The molecule has 0 aliphatic rings. The van der Waals surface area contributed by atoms with E-state index in [9.17, 15) is 0 Å². The van der Waals surface area contributed by atoms with Crippen LogP contribution in [0.3, 0.4) is 0 Å². The van der Waals surface area contributed by atoms with Crippen molar-refractivity contribution in [2.75, 3.05) is 0 Å². The second kappa shape index (κ2) is 9.79. The molecule has 0 N–H and O–H groups in total. The van der Waals surface area contributed by atoms with E-state index in [-0.39, 0.29) is 0 Å². The van der Waals surface area contributed by atoms with E-state index in [0.29, 0.717) is 5.89 Å². The third kappa shape index (κ3) is 4.27. The molecule has 4 heteroatoms. The molecule has 162 valence electrons. The summed E-state index contributed by atoms with van der Waals surface area (Å²) in [5.74, 6) is 1.54. The Morgan fingerprint density at radius 2 is 1.06 bits per heavy atom. The molecule has 0 aliphatic heterocycles. The lowest BCUT2D eigenvalue weighted by Gasteiger charge is -2.25. The first kappa shape index (κ1) is 21.7. The molecule has 0 bridgehead atoms. The van der Waals surface area contributed by atoms with Gasteiger partial charge in [-0.15, -0.1) is 0 Å². The molecule has 0 aliphatic carbocycles. The molecule has 0 saturated carbocycles. The minimum Gasteiger partial charge on any atom is -0.430 e. The molecule has 0 unspecified atom stereocenters. The van der Waals surface area contributed by atoms with Crippen LogP contribution in [0.4, 0.5) is 0 Å². The number of aromatic nitrogens is 1. The van der Waals surface area contributed by atoms with Crippen molar-refractivity contribution >= 4 is 40.4 Å². The number of oxazole rings is 1. The summed E-state index contributed by atoms with van der Waals surface area (Å²) < 4.78 is 6.29. The minimum absolute atomic E-state index is 0.702. The number of benzene rings is 4. The minimum atomic E-state index is -2.27. The van der Waals surface area contributed by atoms with Crippen LogP contribution in [-0.2, 0) is 5.75 Å². The van der Waals surface area contributed by atoms with Crippen molar-refractivity contribution in [2.24, 2.45) is 0 Å². The maximum absolute atomic E-state index is 6.29. The third-order valence-electron chi connectivity index (χ3n) is 5.65. The summed E-state index contributed by atoms with van der Waals surface area (Å²) in [6.45, 7) is 1.95. The Balaban J connectivity index is 1.76. The zero-order chi connectivity index (χ0) is 22.5. The van der Waals surface area contributed by atoms with Gasteiger partial charge in [0, 0.05) is 12.7 Å². The molecular weight excluding hydrogens is 441 g/mol. The Bertz CT molecular complexity index is 1210. The molecule has 2 nitrogen and oxygen atoms in total. The van der Waals surface area contributed by atoms with Gasteiger partial charge < -0.3 is 4.42 Å². The molecule has 0 amide bonds. The molecule has 1 aromatic heterocycles. The van der Waals surface area contributed by atoms with E-state index in [2.05, 4.69) is 121 Å². The topological polar surface area (TPSA) is 26.0 Å². The van der Waals surface area contributed by atoms with E-state index < -0.39 is 7.26 Å². The Morgan fingerprint density at radius 3 is 1.52 bits per heavy atom. The summed E-state index contributed by atoms with van der Waals surface area (Å²) >= 11 is 1.73. The zero-order valence-corrected chi connectivity index (χ0v) is 20.2. The van der Waals surface area contributed by atoms with Gasteiger partial charge in [0.15, 0.2) is 13.2 Å². The summed E-state index contributed by atoms with van der Waals surface area (Å²) in [7, 11) is -2.27. The molecule has 0 radical (unpaired) electrons. The largest absolute Gasteiger partial charge is 0.430 e. The molecule has 4 aromatic carbocycles. The molecule has 1 heterocycles. The van der Waals surface area contributed by atoms with Gasteiger partial charge >= 0.3 is 0 Å². The molecule has 0 spiro atoms. The number of aryl methyl sites for hydroxylation is 1. The molecule has 0 saturated heterocycles. The van der Waals surface area contributed by atoms with Crippen LogP contribution in [0.25, 0.3) is 0 Å². The van der Waals surface area contributed by atoms with Crippen LogP contribution in [-0.4, -0.2) is 4.98 Å². The standard InChI is InChI=1S/C29H25NOPS/c1-23-30-28(29(31-23)33-22-24-14-6-2-7-15-24)32(25-16-8-3-9-17-25,26-18-10-4-11-19-26)27-20-12-5-13-21-27/h2-21H,22H2,1H3/q+1. The lowest BCUT2D eigenvalue weighted by atomic mass is 10.2. The summed E-state index contributed by atoms with van der Waals surface area (Å²) in [6.07, 6.45) is 0. The highest BCUT2D eigenvalue weighted by molar-refractivity contribution is 8.04. The van der Waals surface area contributed by atoms with Crippen LogP contribution in [0.2, 0.25) is 0 Å². The lowest BCUT2D eigenvalue weighted by molar-refractivity contribution is 0.443. The first-order chi connectivity index (χ1) is 16.3. The van der Waals surface area contributed by atoms with Gasteiger partial charge in [0.1, 0.15) is 15.9 Å². The van der Waals surface area contributed by atoms with Gasteiger partial charge in [-0.05, 0) is 42.0 Å². The van der Waals surface area contributed by atoms with Crippen molar-refractivity contribution in [1.82, 2.24) is 4.98 Å². The fourth-order valence-corrected chi connectivity index (χ4v) is 9.74. The zero-order valence-electron chi connectivity index (χ0n) is 18.5. The maximum Gasteiger partial charge on any atom is 0.250 e. The van der Waals surface area contributed by atoms with E-state index in [1.807, 2.05) is 6.92 Å². The van der Waals surface area contributed by atoms with Crippen LogP contribution in [0.15, 0.2) is 131 Å². The summed E-state index contributed by atoms with van der Waals surface area (Å²) in [6, 6.07) is 42.9. The molecule has 0 fully saturated rings. The predicted molar refractivity (Wildman–Crippen MR) is 142 cm³/mol. The number of rotatable bonds is 7. The lowest BCUT2D eigenvalue weighted by Crippen LogP contribution is -2.40. The number of hydrogen-bond donors (Lipinski definition) is 0. The van der Waals surface area contributed by atoms with Crippen LogP contribution in [0.1, 0.15) is 11.5 Å². The average Bonchev–Trinajstić information content (AvgIpc) is 3.26. The fourth-order valence-electron chi connectivity index (χ4n) is 4.20. The highest BCUT2D eigenvalue weighted by atomic mass is 32.2. The smallest absolute Gasteiger partial charge is 0.250 e. The van der Waals surface area contributed by atoms with Crippen LogP contribution >= 0.6 is 19.0 Å². The normalized spacial score (nSPS) is 11.4. The van der Waals surface area contributed by atoms with Crippen LogP contribution < -0.4 is 21.3 Å². The van der Waals surface area contributed by atoms with Crippen molar-refractivity contribution in [3.05, 3.63) is 133 Å². The van der Waals surface area contributed by atoms with Gasteiger partial charge in [0.25, 0.3) is 5.44 Å². The highest BCUT2D eigenvalue weighted by Crippen LogP contribution is 2.55. The second-order valence-electron chi connectivity index (χ2n) is 7.80. The average molecular weight is 467 g/mol. The first-order valence-corrected chi connectivity index (χ1v) is 13.8. The fraction of sp³-hybridized carbons (Fsp3) is 0.0690. The molecular formula is C29H25NOPS+. The van der Waals surface area contributed by atoms with Crippen molar-refractivity contribution in [3.63, 3.8) is 0 Å². The van der Waals surface area contributed by atoms with Gasteiger partial charge in [-0.3, -0.25) is 0 Å². The summed E-state index contributed by atoms with van der Waals surface area (Å²) in [5, 5.41) is 4.73. The van der Waals surface area contributed by atoms with Crippen molar-refractivity contribution in [2.45, 2.75) is 17.8 Å². The van der Waals surface area contributed by atoms with Gasteiger partial charge in [0.05, 0.1) is 0 Å². The van der Waals surface area contributed by atoms with E-state index in [1.165, 1.54) is 21.5 Å². The van der Waals surface area contributed by atoms with Crippen molar-refractivity contribution < 1.29 is 4.42 Å². The molecule has 0 atom stereocenters. The van der Waals surface area contributed by atoms with E-state index in [1.54, 1.807) is 11.8 Å². The van der Waals surface area contributed by atoms with Crippen LogP contribution in [0, 0.1) is 6.92 Å². The van der Waals surface area contributed by atoms with Crippen molar-refractivity contribution in [1.29, 1.82) is 0 Å². The molecule has 5 rings (SSSR count). The van der Waals surface area contributed by atoms with E-state index in [0.717, 1.165) is 16.3 Å². The van der Waals surface area contributed by atoms with Gasteiger partial charge in [0.2, 0.25) is 5.09 Å². The number of hydrogen-bond acceptors (Lipinski definition) is 3. The maximum atomic E-state index is 6.29. The highest BCUT2D eigenvalue weighted by Gasteiger charge is 2.52. The summed E-state index contributed by atoms with van der Waals surface area (Å²) in [5.41, 5.74) is 2.31. The van der Waals surface area contributed by atoms with E-state index >= 15 is 0 Å². The summed E-state index contributed by atoms with van der Waals surface area (Å²) in [4.78, 5) is 5.09. The predicted octanol–water partition coefficient (Wildman–Crippen LogP) is 5.89. The number of nitrogens with zero attached hydrogens (tertiary/aromatic N) is 1. The second-order valence-corrected chi connectivity index (χ2v) is 12.1. The Kier molecular flexibility index (Phi) is 6.44. The quantitative estimate of drug-likeness (QED) is 0.221. The number of thioether (sulfide) groups is 1. The van der Waals surface area contributed by atoms with Gasteiger partial charge in [-0.1, -0.05) is 96.7 Å². The van der Waals surface area contributed by atoms with Gasteiger partial charge in [-0.2, -0.15) is 4.98 Å². The molecule has 5 aromatic rings. The monoisotopic (exact) mass is 466 g/mol. The Morgan fingerprint density at radius 1 is 0.636 bits per heavy atom. The SMILES string of the molecule is Cc1nc([P+](c2ccccc2)(c2ccccc2)c2ccccc2)c(SCc2ccccc2)o1. The molecule has 33 heavy (non-hydrogen) atoms.